The van der Waals surface area contributed by atoms with Crippen LogP contribution in [-0.2, 0) is 4.79 Å². The molecule has 3 aromatic carbocycles. The molecule has 1 saturated heterocycles. The molecule has 186 valence electrons. The number of benzene rings is 3. The number of carbonyl (C=O) groups is 2. The summed E-state index contributed by atoms with van der Waals surface area (Å²) in [7, 11) is 1.56. The molecule has 0 spiro atoms. The van der Waals surface area contributed by atoms with Crippen molar-refractivity contribution in [2.24, 2.45) is 0 Å². The number of hydrogen-bond donors (Lipinski definition) is 2. The number of carbonyl (C=O) groups excluding carboxylic acids is 2. The van der Waals surface area contributed by atoms with Gasteiger partial charge in [-0.2, -0.15) is 0 Å². The Kier molecular flexibility index (Phi) is 7.30. The molecule has 2 amide bonds. The zero-order valence-corrected chi connectivity index (χ0v) is 20.6. The van der Waals surface area contributed by atoms with Gasteiger partial charge in [-0.15, -0.1) is 0 Å². The van der Waals surface area contributed by atoms with Crippen LogP contribution < -0.4 is 15.4 Å². The van der Waals surface area contributed by atoms with Crippen LogP contribution in [0.3, 0.4) is 0 Å². The Bertz CT molecular complexity index is 1200. The van der Waals surface area contributed by atoms with Gasteiger partial charge in [0.2, 0.25) is 5.91 Å². The van der Waals surface area contributed by atoms with Crippen molar-refractivity contribution in [1.29, 1.82) is 0 Å². The van der Waals surface area contributed by atoms with E-state index in [0.29, 0.717) is 29.2 Å². The molecule has 0 aromatic heterocycles. The lowest BCUT2D eigenvalue weighted by Gasteiger charge is -2.34. The second-order valence-electron chi connectivity index (χ2n) is 9.40. The van der Waals surface area contributed by atoms with Crippen molar-refractivity contribution in [3.63, 3.8) is 0 Å². The lowest BCUT2D eigenvalue weighted by atomic mass is 10.0. The van der Waals surface area contributed by atoms with Crippen molar-refractivity contribution >= 4 is 23.2 Å². The van der Waals surface area contributed by atoms with Gasteiger partial charge in [-0.3, -0.25) is 19.4 Å². The molecule has 0 atom stereocenters. The molecule has 7 nitrogen and oxygen atoms in total. The maximum atomic E-state index is 12.9. The van der Waals surface area contributed by atoms with Crippen LogP contribution in [0.5, 0.6) is 5.75 Å². The Morgan fingerprint density at radius 1 is 0.861 bits per heavy atom. The largest absolute Gasteiger partial charge is 0.495 e. The molecule has 5 rings (SSSR count). The van der Waals surface area contributed by atoms with E-state index in [4.69, 9.17) is 4.74 Å². The molecular weight excluding hydrogens is 452 g/mol. The summed E-state index contributed by atoms with van der Waals surface area (Å²) in [6.07, 6.45) is 2.62. The first-order valence-electron chi connectivity index (χ1n) is 12.5. The Balaban J connectivity index is 1.19. The van der Waals surface area contributed by atoms with Gasteiger partial charge < -0.3 is 15.4 Å². The van der Waals surface area contributed by atoms with E-state index in [1.807, 2.05) is 54.6 Å². The van der Waals surface area contributed by atoms with E-state index in [2.05, 4.69) is 20.4 Å². The molecule has 1 aliphatic heterocycles. The average molecular weight is 485 g/mol. The van der Waals surface area contributed by atoms with Crippen LogP contribution in [0.15, 0.2) is 72.8 Å². The van der Waals surface area contributed by atoms with E-state index in [9.17, 15) is 9.59 Å². The number of hydrogen-bond acceptors (Lipinski definition) is 5. The first-order valence-corrected chi connectivity index (χ1v) is 12.5. The predicted octanol–water partition coefficient (Wildman–Crippen LogP) is 4.33. The fourth-order valence-corrected chi connectivity index (χ4v) is 4.65. The van der Waals surface area contributed by atoms with E-state index in [1.165, 1.54) is 12.8 Å². The molecule has 2 aliphatic rings. The van der Waals surface area contributed by atoms with Gasteiger partial charge in [-0.1, -0.05) is 42.5 Å². The summed E-state index contributed by atoms with van der Waals surface area (Å²) in [5, 5.41) is 5.89. The maximum absolute atomic E-state index is 12.9. The number of ether oxygens (including phenoxy) is 1. The Morgan fingerprint density at radius 3 is 2.22 bits per heavy atom. The van der Waals surface area contributed by atoms with Crippen molar-refractivity contribution in [2.45, 2.75) is 18.9 Å². The van der Waals surface area contributed by atoms with Crippen LogP contribution in [0, 0.1) is 0 Å². The third kappa shape index (κ3) is 5.93. The third-order valence-corrected chi connectivity index (χ3v) is 6.82. The first-order chi connectivity index (χ1) is 17.6. The van der Waals surface area contributed by atoms with E-state index < -0.39 is 0 Å². The fraction of sp³-hybridized carbons (Fsp3) is 0.310. The predicted molar refractivity (Wildman–Crippen MR) is 142 cm³/mol. The molecule has 7 heteroatoms. The fourth-order valence-electron chi connectivity index (χ4n) is 4.65. The highest BCUT2D eigenvalue weighted by atomic mass is 16.5. The Labute approximate surface area is 212 Å². The lowest BCUT2D eigenvalue weighted by Crippen LogP contribution is -2.49. The molecule has 1 aliphatic carbocycles. The molecule has 1 saturated carbocycles. The molecule has 1 heterocycles. The van der Waals surface area contributed by atoms with Gasteiger partial charge >= 0.3 is 0 Å². The monoisotopic (exact) mass is 484 g/mol. The number of piperazine rings is 1. The Morgan fingerprint density at radius 2 is 1.56 bits per heavy atom. The minimum absolute atomic E-state index is 0.0897. The normalized spacial score (nSPS) is 16.4. The molecule has 3 aromatic rings. The Hall–Kier alpha value is -3.68. The highest BCUT2D eigenvalue weighted by Gasteiger charge is 2.31. The summed E-state index contributed by atoms with van der Waals surface area (Å²) in [5.41, 5.74) is 3.83. The van der Waals surface area contributed by atoms with Crippen molar-refractivity contribution in [3.05, 3.63) is 78.4 Å². The van der Waals surface area contributed by atoms with E-state index in [0.717, 1.165) is 43.3 Å². The lowest BCUT2D eigenvalue weighted by molar-refractivity contribution is -0.117. The molecule has 2 fully saturated rings. The quantitative estimate of drug-likeness (QED) is 0.498. The van der Waals surface area contributed by atoms with Crippen molar-refractivity contribution in [2.75, 3.05) is 50.5 Å². The molecule has 36 heavy (non-hydrogen) atoms. The first kappa shape index (κ1) is 24.0. The van der Waals surface area contributed by atoms with E-state index >= 15 is 0 Å². The SMILES string of the molecule is COc1ccc(NC(=O)c2ccc(-c3ccccc3)cc2)cc1NC(=O)CN1CCN(C2CC2)CC1. The highest BCUT2D eigenvalue weighted by molar-refractivity contribution is 6.05. The smallest absolute Gasteiger partial charge is 0.255 e. The van der Waals surface area contributed by atoms with Crippen LogP contribution >= 0.6 is 0 Å². The van der Waals surface area contributed by atoms with Gasteiger partial charge in [0, 0.05) is 43.5 Å². The molecular formula is C29H32N4O3. The van der Waals surface area contributed by atoms with Gasteiger partial charge in [0.25, 0.3) is 5.91 Å². The van der Waals surface area contributed by atoms with Crippen LogP contribution in [0.25, 0.3) is 11.1 Å². The van der Waals surface area contributed by atoms with Crippen molar-refractivity contribution < 1.29 is 14.3 Å². The molecule has 0 radical (unpaired) electrons. The molecule has 0 unspecified atom stereocenters. The number of anilines is 2. The number of nitrogens with one attached hydrogen (secondary N) is 2. The van der Waals surface area contributed by atoms with Crippen LogP contribution in [0.1, 0.15) is 23.2 Å². The average Bonchev–Trinajstić information content (AvgIpc) is 3.76. The molecule has 2 N–H and O–H groups in total. The summed E-state index contributed by atoms with van der Waals surface area (Å²) in [6, 6.07) is 23.6. The maximum Gasteiger partial charge on any atom is 0.255 e. The summed E-state index contributed by atoms with van der Waals surface area (Å²) in [5.74, 6) is 0.242. The third-order valence-electron chi connectivity index (χ3n) is 6.82. The van der Waals surface area contributed by atoms with Gasteiger partial charge in [-0.25, -0.2) is 0 Å². The standard InChI is InChI=1S/C29H32N4O3/c1-36-27-14-11-24(30-29(35)23-9-7-22(8-10-23)21-5-3-2-4-6-21)19-26(27)31-28(34)20-32-15-17-33(18-16-32)25-12-13-25/h2-11,14,19,25H,12-13,15-18,20H2,1H3,(H,30,35)(H,31,34). The number of nitrogens with zero attached hydrogens (tertiary/aromatic N) is 2. The van der Waals surface area contributed by atoms with Crippen LogP contribution in [0.2, 0.25) is 0 Å². The van der Waals surface area contributed by atoms with Gasteiger partial charge in [0.05, 0.1) is 19.3 Å². The van der Waals surface area contributed by atoms with E-state index in [1.54, 1.807) is 25.3 Å². The summed E-state index contributed by atoms with van der Waals surface area (Å²) >= 11 is 0. The zero-order valence-electron chi connectivity index (χ0n) is 20.6. The summed E-state index contributed by atoms with van der Waals surface area (Å²) in [6.45, 7) is 4.19. The summed E-state index contributed by atoms with van der Waals surface area (Å²) < 4.78 is 5.44. The summed E-state index contributed by atoms with van der Waals surface area (Å²) in [4.78, 5) is 30.3. The van der Waals surface area contributed by atoms with Crippen LogP contribution in [0.4, 0.5) is 11.4 Å². The van der Waals surface area contributed by atoms with Gasteiger partial charge in [0.15, 0.2) is 0 Å². The van der Waals surface area contributed by atoms with Crippen LogP contribution in [-0.4, -0.2) is 67.5 Å². The van der Waals surface area contributed by atoms with Gasteiger partial charge in [0.1, 0.15) is 5.75 Å². The minimum Gasteiger partial charge on any atom is -0.495 e. The topological polar surface area (TPSA) is 73.9 Å². The zero-order chi connectivity index (χ0) is 24.9. The minimum atomic E-state index is -0.217. The number of amides is 2. The highest BCUT2D eigenvalue weighted by Crippen LogP contribution is 2.29. The second kappa shape index (κ2) is 10.9. The van der Waals surface area contributed by atoms with E-state index in [-0.39, 0.29) is 11.8 Å². The molecule has 0 bridgehead atoms. The number of rotatable bonds is 8. The van der Waals surface area contributed by atoms with Crippen molar-refractivity contribution in [1.82, 2.24) is 9.80 Å². The van der Waals surface area contributed by atoms with Gasteiger partial charge in [-0.05, 0) is 54.3 Å². The number of methoxy groups -OCH3 is 1. The van der Waals surface area contributed by atoms with Crippen molar-refractivity contribution in [3.8, 4) is 16.9 Å². The second-order valence-corrected chi connectivity index (χ2v) is 9.40.